The average Bonchev–Trinajstić information content (AvgIpc) is 2.98. The lowest BCUT2D eigenvalue weighted by atomic mass is 10.0. The van der Waals surface area contributed by atoms with Crippen LogP contribution in [0.5, 0.6) is 0 Å². The summed E-state index contributed by atoms with van der Waals surface area (Å²) in [6, 6.07) is 10.8. The molecule has 0 bridgehead atoms. The summed E-state index contributed by atoms with van der Waals surface area (Å²) >= 11 is 0. The fourth-order valence-electron chi connectivity index (χ4n) is 4.07. The summed E-state index contributed by atoms with van der Waals surface area (Å²) < 4.78 is 5.00. The number of amides is 3. The number of unbranched alkanes of at least 4 members (excludes halogenated alkanes) is 1. The molecule has 41 heavy (non-hydrogen) atoms. The van der Waals surface area contributed by atoms with Crippen LogP contribution in [0.2, 0.25) is 0 Å². The third kappa shape index (κ3) is 20.4. The molecule has 7 nitrogen and oxygen atoms in total. The monoisotopic (exact) mass is 569 g/mol. The molecule has 1 unspecified atom stereocenters. The van der Waals surface area contributed by atoms with Crippen LogP contribution in [0.1, 0.15) is 85.1 Å². The van der Waals surface area contributed by atoms with E-state index in [1.54, 1.807) is 13.2 Å². The first kappa shape index (κ1) is 37.8. The lowest BCUT2D eigenvalue weighted by Gasteiger charge is -2.26. The zero-order chi connectivity index (χ0) is 30.9. The Morgan fingerprint density at radius 1 is 1.07 bits per heavy atom. The van der Waals surface area contributed by atoms with E-state index >= 15 is 0 Å². The first-order chi connectivity index (χ1) is 19.7. The van der Waals surface area contributed by atoms with Crippen LogP contribution in [-0.4, -0.2) is 61.3 Å². The largest absolute Gasteiger partial charge is 0.501 e. The summed E-state index contributed by atoms with van der Waals surface area (Å²) in [7, 11) is 1.59. The Balaban J connectivity index is 0.000000613. The topological polar surface area (TPSA) is 92.9 Å². The Kier molecular flexibility index (Phi) is 22.7. The van der Waals surface area contributed by atoms with E-state index in [1.165, 1.54) is 64.2 Å². The SMILES string of the molecule is CCCCC(C)C(N)=O.C\C=C/C(=C\C=C(/C)OC)CN(C=O)C(C)=O.c1ccc(CCCN2CCCCC2)cc1. The minimum atomic E-state index is -0.275. The Bertz CT molecular complexity index is 935. The second-order valence-corrected chi connectivity index (χ2v) is 10.4. The Morgan fingerprint density at radius 3 is 2.24 bits per heavy atom. The number of carbonyl (C=O) groups is 3. The van der Waals surface area contributed by atoms with Gasteiger partial charge in [0, 0.05) is 12.8 Å². The normalized spacial score (nSPS) is 14.7. The molecule has 1 aliphatic rings. The maximum Gasteiger partial charge on any atom is 0.226 e. The number of likely N-dealkylation sites (tertiary alicyclic amines) is 1. The number of imide groups is 1. The summed E-state index contributed by atoms with van der Waals surface area (Å²) in [5.74, 6) is 0.365. The molecule has 0 aromatic heterocycles. The van der Waals surface area contributed by atoms with Gasteiger partial charge >= 0.3 is 0 Å². The van der Waals surface area contributed by atoms with Gasteiger partial charge in [-0.05, 0) is 82.8 Å². The molecule has 0 saturated carbocycles. The number of nitrogens with zero attached hydrogens (tertiary/aromatic N) is 2. The fourth-order valence-corrected chi connectivity index (χ4v) is 4.07. The molecule has 0 spiro atoms. The van der Waals surface area contributed by atoms with Crippen molar-refractivity contribution >= 4 is 18.2 Å². The van der Waals surface area contributed by atoms with E-state index in [9.17, 15) is 14.4 Å². The second-order valence-electron chi connectivity index (χ2n) is 10.4. The highest BCUT2D eigenvalue weighted by Crippen LogP contribution is 2.10. The van der Waals surface area contributed by atoms with E-state index in [1.807, 2.05) is 39.0 Å². The molecule has 1 fully saturated rings. The van der Waals surface area contributed by atoms with Crippen LogP contribution < -0.4 is 5.73 Å². The van der Waals surface area contributed by atoms with Crippen molar-refractivity contribution in [2.45, 2.75) is 86.0 Å². The minimum absolute atomic E-state index is 0.0601. The first-order valence-electron chi connectivity index (χ1n) is 15.0. The number of ether oxygens (including phenoxy) is 1. The Morgan fingerprint density at radius 2 is 1.73 bits per heavy atom. The lowest BCUT2D eigenvalue weighted by molar-refractivity contribution is -0.135. The van der Waals surface area contributed by atoms with Crippen LogP contribution in [0.3, 0.4) is 0 Å². The predicted octanol–water partition coefficient (Wildman–Crippen LogP) is 6.45. The van der Waals surface area contributed by atoms with Gasteiger partial charge in [-0.3, -0.25) is 19.3 Å². The maximum atomic E-state index is 11.1. The van der Waals surface area contributed by atoms with E-state index < -0.39 is 0 Å². The van der Waals surface area contributed by atoms with Gasteiger partial charge in [-0.1, -0.05) is 81.7 Å². The van der Waals surface area contributed by atoms with Crippen molar-refractivity contribution in [2.24, 2.45) is 11.7 Å². The molecule has 1 aliphatic heterocycles. The highest BCUT2D eigenvalue weighted by atomic mass is 16.5. The van der Waals surface area contributed by atoms with E-state index in [0.29, 0.717) is 6.41 Å². The third-order valence-corrected chi connectivity index (χ3v) is 6.83. The molecule has 0 aliphatic carbocycles. The third-order valence-electron chi connectivity index (χ3n) is 6.83. The molecule has 1 saturated heterocycles. The van der Waals surface area contributed by atoms with Crippen molar-refractivity contribution in [2.75, 3.05) is 33.3 Å². The lowest BCUT2D eigenvalue weighted by Crippen LogP contribution is -2.30. The van der Waals surface area contributed by atoms with Crippen molar-refractivity contribution < 1.29 is 19.1 Å². The van der Waals surface area contributed by atoms with Gasteiger partial charge < -0.3 is 15.4 Å². The number of aryl methyl sites for hydroxylation is 1. The standard InChI is InChI=1S/C14H21N.C13H19NO3.C7H15NO/c1-3-8-14(9-4-1)10-7-13-15-11-5-2-6-12-15;1-5-6-13(8-7-11(2)17-4)9-14(10-15)12(3)16;1-3-4-5-6(2)7(8)9/h1,3-4,8-9H,2,5-7,10-13H2;5-8,10H,9H2,1-4H3;6H,3-5H2,1-2H3,(H2,8,9)/b;6-5-,11-7+,13-8+;. The molecule has 1 aromatic rings. The zero-order valence-electron chi connectivity index (χ0n) is 26.4. The summed E-state index contributed by atoms with van der Waals surface area (Å²) in [5, 5.41) is 0. The van der Waals surface area contributed by atoms with Gasteiger partial charge in [0.15, 0.2) is 0 Å². The summed E-state index contributed by atoms with van der Waals surface area (Å²) in [6.45, 7) is 13.2. The summed E-state index contributed by atoms with van der Waals surface area (Å²) in [5.41, 5.74) is 7.37. The van der Waals surface area contributed by atoms with Gasteiger partial charge in [0.1, 0.15) is 0 Å². The Hall–Kier alpha value is -3.19. The number of piperidine rings is 1. The molecule has 1 aromatic carbocycles. The number of benzene rings is 1. The minimum Gasteiger partial charge on any atom is -0.501 e. The summed E-state index contributed by atoms with van der Waals surface area (Å²) in [4.78, 5) is 36.0. The van der Waals surface area contributed by atoms with Crippen LogP contribution in [0.15, 0.2) is 66.0 Å². The Labute approximate surface area is 249 Å². The van der Waals surface area contributed by atoms with E-state index in [4.69, 9.17) is 10.5 Å². The highest BCUT2D eigenvalue weighted by Gasteiger charge is 2.09. The van der Waals surface area contributed by atoms with E-state index in [2.05, 4.69) is 42.2 Å². The molecule has 2 rings (SSSR count). The molecule has 0 radical (unpaired) electrons. The van der Waals surface area contributed by atoms with Gasteiger partial charge in [-0.25, -0.2) is 0 Å². The van der Waals surface area contributed by atoms with Crippen LogP contribution in [0.4, 0.5) is 0 Å². The van der Waals surface area contributed by atoms with Crippen LogP contribution >= 0.6 is 0 Å². The van der Waals surface area contributed by atoms with Gasteiger partial charge in [0.05, 0.1) is 19.4 Å². The second kappa shape index (κ2) is 24.6. The van der Waals surface area contributed by atoms with Crippen LogP contribution in [-0.2, 0) is 25.5 Å². The number of rotatable bonds is 14. The number of nitrogens with two attached hydrogens (primary N) is 1. The molecule has 2 N–H and O–H groups in total. The van der Waals surface area contributed by atoms with E-state index in [0.717, 1.165) is 35.5 Å². The number of carbonyl (C=O) groups excluding carboxylic acids is 3. The van der Waals surface area contributed by atoms with Gasteiger partial charge in [-0.2, -0.15) is 0 Å². The quantitative estimate of drug-likeness (QED) is 0.158. The molecular formula is C34H55N3O4. The average molecular weight is 570 g/mol. The highest BCUT2D eigenvalue weighted by molar-refractivity contribution is 5.84. The first-order valence-corrected chi connectivity index (χ1v) is 15.0. The van der Waals surface area contributed by atoms with Crippen LogP contribution in [0, 0.1) is 5.92 Å². The smallest absolute Gasteiger partial charge is 0.226 e. The molecule has 230 valence electrons. The van der Waals surface area contributed by atoms with Gasteiger partial charge in [0.2, 0.25) is 18.2 Å². The fraction of sp³-hybridized carbons (Fsp3) is 0.559. The number of hydrogen-bond acceptors (Lipinski definition) is 5. The number of allylic oxidation sites excluding steroid dienone is 4. The van der Waals surface area contributed by atoms with Crippen molar-refractivity contribution in [3.05, 3.63) is 71.5 Å². The van der Waals surface area contributed by atoms with Gasteiger partial charge in [-0.15, -0.1) is 0 Å². The van der Waals surface area contributed by atoms with Crippen molar-refractivity contribution in [1.29, 1.82) is 0 Å². The van der Waals surface area contributed by atoms with Crippen molar-refractivity contribution in [3.8, 4) is 0 Å². The maximum absolute atomic E-state index is 11.1. The number of primary amides is 1. The molecule has 7 heteroatoms. The van der Waals surface area contributed by atoms with Crippen LogP contribution in [0.25, 0.3) is 0 Å². The van der Waals surface area contributed by atoms with Gasteiger partial charge in [0.25, 0.3) is 0 Å². The molecule has 1 heterocycles. The number of methoxy groups -OCH3 is 1. The number of hydrogen-bond donors (Lipinski definition) is 1. The van der Waals surface area contributed by atoms with Crippen molar-refractivity contribution in [1.82, 2.24) is 9.80 Å². The predicted molar refractivity (Wildman–Crippen MR) is 170 cm³/mol. The zero-order valence-corrected chi connectivity index (χ0v) is 26.4. The van der Waals surface area contributed by atoms with E-state index in [-0.39, 0.29) is 24.3 Å². The molecule has 3 amide bonds. The molecule has 1 atom stereocenters. The molecular weight excluding hydrogens is 514 g/mol. The summed E-state index contributed by atoms with van der Waals surface area (Å²) in [6.07, 6.45) is 17.8. The van der Waals surface area contributed by atoms with Crippen molar-refractivity contribution in [3.63, 3.8) is 0 Å².